The van der Waals surface area contributed by atoms with Crippen molar-refractivity contribution in [3.63, 3.8) is 0 Å². The van der Waals surface area contributed by atoms with Crippen molar-refractivity contribution in [2.24, 2.45) is 0 Å². The summed E-state index contributed by atoms with van der Waals surface area (Å²) < 4.78 is 32.3. The molecular formula is C10H20O6P. The maximum Gasteiger partial charge on any atom is 0.348 e. The van der Waals surface area contributed by atoms with Crippen LogP contribution in [0.3, 0.4) is 0 Å². The van der Waals surface area contributed by atoms with E-state index in [0.29, 0.717) is 13.2 Å². The first-order chi connectivity index (χ1) is 7.93. The van der Waals surface area contributed by atoms with E-state index in [2.05, 4.69) is 0 Å². The average molecular weight is 267 g/mol. The van der Waals surface area contributed by atoms with Gasteiger partial charge in [0.25, 0.3) is 0 Å². The third-order valence-corrected chi connectivity index (χ3v) is 4.31. The number of hydrogen-bond donors (Lipinski definition) is 0. The van der Waals surface area contributed by atoms with Gasteiger partial charge in [0, 0.05) is 13.2 Å². The quantitative estimate of drug-likeness (QED) is 0.343. The molecule has 0 aromatic carbocycles. The van der Waals surface area contributed by atoms with Gasteiger partial charge in [0.05, 0.1) is 0 Å². The highest BCUT2D eigenvalue weighted by Gasteiger charge is 2.45. The van der Waals surface area contributed by atoms with Gasteiger partial charge >= 0.3 is 7.60 Å². The van der Waals surface area contributed by atoms with Crippen LogP contribution in [0.25, 0.3) is 0 Å². The van der Waals surface area contributed by atoms with Crippen LogP contribution in [-0.4, -0.2) is 38.2 Å². The molecule has 0 saturated heterocycles. The molecule has 0 aromatic heterocycles. The molecule has 101 valence electrons. The molecule has 0 heterocycles. The van der Waals surface area contributed by atoms with E-state index in [-0.39, 0.29) is 13.6 Å². The Kier molecular flexibility index (Phi) is 7.83. The Morgan fingerprint density at radius 1 is 1.06 bits per heavy atom. The van der Waals surface area contributed by atoms with Crippen molar-refractivity contribution in [2.75, 3.05) is 26.8 Å². The number of carbonyl (C=O) groups excluding carboxylic acids is 1. The summed E-state index contributed by atoms with van der Waals surface area (Å²) in [6.07, 6.45) is 1.66. The molecule has 6 nitrogen and oxygen atoms in total. The Balaban J connectivity index is 4.57. The number of rotatable bonds is 10. The lowest BCUT2D eigenvalue weighted by Gasteiger charge is -2.27. The molecule has 7 heteroatoms. The lowest BCUT2D eigenvalue weighted by Crippen LogP contribution is -2.26. The molecule has 0 amide bonds. The predicted molar refractivity (Wildman–Crippen MR) is 62.5 cm³/mol. The Morgan fingerprint density at radius 3 is 1.76 bits per heavy atom. The molecule has 17 heavy (non-hydrogen) atoms. The summed E-state index contributed by atoms with van der Waals surface area (Å²) in [5.41, 5.74) is 0. The lowest BCUT2D eigenvalue weighted by atomic mass is 10.2. The van der Waals surface area contributed by atoms with Crippen LogP contribution in [0.15, 0.2) is 0 Å². The van der Waals surface area contributed by atoms with Crippen molar-refractivity contribution < 1.29 is 27.9 Å². The molecule has 0 aliphatic carbocycles. The van der Waals surface area contributed by atoms with E-state index in [1.807, 2.05) is 0 Å². The van der Waals surface area contributed by atoms with Crippen LogP contribution in [0.4, 0.5) is 0 Å². The van der Waals surface area contributed by atoms with Crippen molar-refractivity contribution in [3.05, 3.63) is 0 Å². The van der Waals surface area contributed by atoms with Crippen LogP contribution < -0.4 is 0 Å². The molecule has 0 rings (SSSR count). The van der Waals surface area contributed by atoms with Crippen molar-refractivity contribution in [2.45, 2.75) is 32.9 Å². The smallest absolute Gasteiger partial charge is 0.348 e. The highest BCUT2D eigenvalue weighted by Crippen LogP contribution is 2.58. The van der Waals surface area contributed by atoms with E-state index in [4.69, 9.17) is 18.5 Å². The van der Waals surface area contributed by atoms with E-state index >= 15 is 0 Å². The van der Waals surface area contributed by atoms with E-state index in [1.54, 1.807) is 20.1 Å². The average Bonchev–Trinajstić information content (AvgIpc) is 2.29. The monoisotopic (exact) mass is 267 g/mol. The standard InChI is InChI=1S/C10H20O6P/c1-5-13-8-15-17(12,10(3,4)7-11)16-9-14-6-2/h5-6,8-9H2,1-4H3. The molecule has 0 fully saturated rings. The molecular weight excluding hydrogens is 247 g/mol. The Bertz CT molecular complexity index is 252. The van der Waals surface area contributed by atoms with Crippen LogP contribution in [0.2, 0.25) is 0 Å². The Hall–Kier alpha value is -0.260. The number of hydrogen-bond acceptors (Lipinski definition) is 6. The third kappa shape index (κ3) is 5.27. The minimum absolute atomic E-state index is 0.203. The summed E-state index contributed by atoms with van der Waals surface area (Å²) in [6, 6.07) is 0. The SMILES string of the molecule is CCOCOP(=O)(OCOCC)C(C)(C)[C]=O. The van der Waals surface area contributed by atoms with Crippen LogP contribution in [-0.2, 0) is 27.9 Å². The largest absolute Gasteiger partial charge is 0.355 e. The highest BCUT2D eigenvalue weighted by molar-refractivity contribution is 7.56. The predicted octanol–water partition coefficient (Wildman–Crippen LogP) is 2.09. The molecule has 0 N–H and O–H groups in total. The Labute approximate surface area is 102 Å². The van der Waals surface area contributed by atoms with E-state index in [0.717, 1.165) is 0 Å². The zero-order valence-electron chi connectivity index (χ0n) is 10.7. The summed E-state index contributed by atoms with van der Waals surface area (Å²) in [6.45, 7) is 6.82. The molecule has 0 aliphatic rings. The maximum absolute atomic E-state index is 12.3. The van der Waals surface area contributed by atoms with Crippen molar-refractivity contribution in [1.82, 2.24) is 0 Å². The minimum atomic E-state index is -3.66. The van der Waals surface area contributed by atoms with Crippen LogP contribution >= 0.6 is 7.60 Å². The second-order valence-electron chi connectivity index (χ2n) is 3.64. The van der Waals surface area contributed by atoms with Gasteiger partial charge in [-0.1, -0.05) is 0 Å². The van der Waals surface area contributed by atoms with Crippen molar-refractivity contribution in [3.8, 4) is 0 Å². The molecule has 0 atom stereocenters. The molecule has 0 bridgehead atoms. The molecule has 0 unspecified atom stereocenters. The summed E-state index contributed by atoms with van der Waals surface area (Å²) >= 11 is 0. The van der Waals surface area contributed by atoms with Crippen LogP contribution in [0, 0.1) is 0 Å². The van der Waals surface area contributed by atoms with Gasteiger partial charge in [-0.05, 0) is 27.7 Å². The minimum Gasteiger partial charge on any atom is -0.355 e. The number of ether oxygens (including phenoxy) is 2. The highest BCUT2D eigenvalue weighted by atomic mass is 31.2. The van der Waals surface area contributed by atoms with Gasteiger partial charge in [-0.2, -0.15) is 0 Å². The van der Waals surface area contributed by atoms with Gasteiger partial charge in [0.2, 0.25) is 6.29 Å². The topological polar surface area (TPSA) is 71.1 Å². The van der Waals surface area contributed by atoms with E-state index in [9.17, 15) is 9.36 Å². The second kappa shape index (κ2) is 7.95. The molecule has 0 aliphatic heterocycles. The first kappa shape index (κ1) is 16.7. The zero-order chi connectivity index (χ0) is 13.4. The zero-order valence-corrected chi connectivity index (χ0v) is 11.6. The summed E-state index contributed by atoms with van der Waals surface area (Å²) in [4.78, 5) is 10.8. The first-order valence-electron chi connectivity index (χ1n) is 5.37. The normalized spacial score (nSPS) is 12.7. The third-order valence-electron chi connectivity index (χ3n) is 1.95. The summed E-state index contributed by atoms with van der Waals surface area (Å²) in [7, 11) is -3.66. The van der Waals surface area contributed by atoms with Gasteiger partial charge < -0.3 is 9.47 Å². The maximum atomic E-state index is 12.3. The van der Waals surface area contributed by atoms with Gasteiger partial charge in [-0.3, -0.25) is 18.4 Å². The fraction of sp³-hybridized carbons (Fsp3) is 0.900. The van der Waals surface area contributed by atoms with Gasteiger partial charge in [0.15, 0.2) is 13.6 Å². The molecule has 1 radical (unpaired) electrons. The fourth-order valence-corrected chi connectivity index (χ4v) is 2.05. The lowest BCUT2D eigenvalue weighted by molar-refractivity contribution is -0.0221. The molecule has 0 saturated carbocycles. The summed E-state index contributed by atoms with van der Waals surface area (Å²) in [5.74, 6) is 0. The fourth-order valence-electron chi connectivity index (χ4n) is 0.796. The first-order valence-corrected chi connectivity index (χ1v) is 6.91. The van der Waals surface area contributed by atoms with Crippen molar-refractivity contribution in [1.29, 1.82) is 0 Å². The second-order valence-corrected chi connectivity index (χ2v) is 6.27. The summed E-state index contributed by atoms with van der Waals surface area (Å²) in [5, 5.41) is -1.36. The molecule has 0 aromatic rings. The van der Waals surface area contributed by atoms with E-state index in [1.165, 1.54) is 13.8 Å². The molecule has 0 spiro atoms. The van der Waals surface area contributed by atoms with Crippen molar-refractivity contribution >= 4 is 13.9 Å². The van der Waals surface area contributed by atoms with Gasteiger partial charge in [0.1, 0.15) is 5.16 Å². The van der Waals surface area contributed by atoms with Gasteiger partial charge in [-0.25, -0.2) is 0 Å². The Morgan fingerprint density at radius 2 is 1.47 bits per heavy atom. The van der Waals surface area contributed by atoms with Gasteiger partial charge in [-0.15, -0.1) is 0 Å². The van der Waals surface area contributed by atoms with Crippen LogP contribution in [0.5, 0.6) is 0 Å². The van der Waals surface area contributed by atoms with E-state index < -0.39 is 12.8 Å². The van der Waals surface area contributed by atoms with Crippen LogP contribution in [0.1, 0.15) is 27.7 Å².